The van der Waals surface area contributed by atoms with E-state index in [9.17, 15) is 0 Å². The lowest BCUT2D eigenvalue weighted by Gasteiger charge is -2.07. The molecule has 0 spiro atoms. The summed E-state index contributed by atoms with van der Waals surface area (Å²) in [5, 5.41) is 0. The molecule has 2 N–H and O–H groups in total. The van der Waals surface area contributed by atoms with Crippen LogP contribution in [0.15, 0.2) is 42.5 Å². The fourth-order valence-corrected chi connectivity index (χ4v) is 2.92. The number of hydrogen-bond acceptors (Lipinski definition) is 2. The average Bonchev–Trinajstić information content (AvgIpc) is 2.87. The Hall–Kier alpha value is -2.20. The Bertz CT molecular complexity index is 831. The molecule has 112 valence electrons. The summed E-state index contributed by atoms with van der Waals surface area (Å²) in [6, 6.07) is 14.7. The van der Waals surface area contributed by atoms with Crippen LogP contribution < -0.4 is 5.73 Å². The number of imidazole rings is 1. The van der Waals surface area contributed by atoms with Crippen LogP contribution in [0.1, 0.15) is 23.9 Å². The fraction of sp³-hybridized carbons (Fsp3) is 0.222. The molecule has 1 aromatic carbocycles. The van der Waals surface area contributed by atoms with E-state index in [-0.39, 0.29) is 0 Å². The minimum Gasteiger partial charge on any atom is -0.393 e. The molecule has 2 heterocycles. The van der Waals surface area contributed by atoms with Crippen LogP contribution >= 0.6 is 12.2 Å². The van der Waals surface area contributed by atoms with Gasteiger partial charge in [0, 0.05) is 17.7 Å². The second kappa shape index (κ2) is 5.89. The summed E-state index contributed by atoms with van der Waals surface area (Å²) in [7, 11) is 0. The number of thiocarbonyl (C=S) groups is 1. The van der Waals surface area contributed by atoms with Gasteiger partial charge < -0.3 is 10.1 Å². The molecule has 0 fully saturated rings. The predicted octanol–water partition coefficient (Wildman–Crippen LogP) is 3.70. The number of pyridine rings is 1. The Morgan fingerprint density at radius 3 is 2.55 bits per heavy atom. The van der Waals surface area contributed by atoms with Gasteiger partial charge in [-0.3, -0.25) is 0 Å². The van der Waals surface area contributed by atoms with Crippen molar-refractivity contribution in [2.24, 2.45) is 5.73 Å². The van der Waals surface area contributed by atoms with Gasteiger partial charge in [0.05, 0.1) is 16.4 Å². The number of nitrogens with two attached hydrogens (primary N) is 1. The third-order valence-corrected chi connectivity index (χ3v) is 4.06. The van der Waals surface area contributed by atoms with Crippen LogP contribution in [0.25, 0.3) is 16.9 Å². The zero-order valence-electron chi connectivity index (χ0n) is 12.8. The number of hydrogen-bond donors (Lipinski definition) is 1. The minimum absolute atomic E-state index is 0.483. The van der Waals surface area contributed by atoms with Gasteiger partial charge >= 0.3 is 0 Å². The molecule has 3 aromatic rings. The Labute approximate surface area is 135 Å². The van der Waals surface area contributed by atoms with Crippen molar-refractivity contribution >= 4 is 22.9 Å². The van der Waals surface area contributed by atoms with Gasteiger partial charge in [0.25, 0.3) is 0 Å². The first-order valence-electron chi connectivity index (χ1n) is 7.44. The summed E-state index contributed by atoms with van der Waals surface area (Å²) in [5.41, 5.74) is 12.3. The van der Waals surface area contributed by atoms with E-state index >= 15 is 0 Å². The highest BCUT2D eigenvalue weighted by atomic mass is 32.1. The zero-order valence-corrected chi connectivity index (χ0v) is 13.7. The van der Waals surface area contributed by atoms with E-state index in [2.05, 4.69) is 48.6 Å². The van der Waals surface area contributed by atoms with E-state index in [1.165, 1.54) is 5.56 Å². The molecular formula is C18H19N3S. The van der Waals surface area contributed by atoms with Crippen molar-refractivity contribution in [3.63, 3.8) is 0 Å². The van der Waals surface area contributed by atoms with Gasteiger partial charge in [0.2, 0.25) is 0 Å². The largest absolute Gasteiger partial charge is 0.393 e. The number of nitrogens with zero attached hydrogens (tertiary/aromatic N) is 2. The molecule has 2 aromatic heterocycles. The first kappa shape index (κ1) is 14.7. The van der Waals surface area contributed by atoms with E-state index in [1.54, 1.807) is 0 Å². The van der Waals surface area contributed by atoms with E-state index < -0.39 is 0 Å². The number of fused-ring (bicyclic) bond motifs is 1. The molecule has 0 saturated carbocycles. The molecule has 0 aliphatic carbocycles. The molecule has 0 unspecified atom stereocenters. The van der Waals surface area contributed by atoms with Gasteiger partial charge in [-0.25, -0.2) is 4.98 Å². The topological polar surface area (TPSA) is 43.3 Å². The van der Waals surface area contributed by atoms with E-state index in [4.69, 9.17) is 22.9 Å². The normalized spacial score (nSPS) is 11.0. The van der Waals surface area contributed by atoms with Crippen LogP contribution in [-0.2, 0) is 12.8 Å². The Morgan fingerprint density at radius 2 is 1.91 bits per heavy atom. The molecule has 22 heavy (non-hydrogen) atoms. The molecule has 3 nitrogen and oxygen atoms in total. The molecule has 0 atom stereocenters. The molecule has 0 bridgehead atoms. The lowest BCUT2D eigenvalue weighted by atomic mass is 10.1. The SMILES string of the molecule is CCc1ccc(-c2nc3cccc(C)n3c2CC(N)=S)cc1. The van der Waals surface area contributed by atoms with Crippen molar-refractivity contribution in [2.45, 2.75) is 26.7 Å². The quantitative estimate of drug-likeness (QED) is 0.747. The molecule has 4 heteroatoms. The van der Waals surface area contributed by atoms with Crippen LogP contribution in [0.4, 0.5) is 0 Å². The van der Waals surface area contributed by atoms with Crippen LogP contribution in [0.5, 0.6) is 0 Å². The van der Waals surface area contributed by atoms with E-state index in [1.807, 2.05) is 12.1 Å². The molecule has 0 aliphatic rings. The van der Waals surface area contributed by atoms with Crippen molar-refractivity contribution in [2.75, 3.05) is 0 Å². The van der Waals surface area contributed by atoms with Crippen LogP contribution in [-0.4, -0.2) is 14.4 Å². The molecule has 0 amide bonds. The second-order valence-corrected chi connectivity index (χ2v) is 5.99. The van der Waals surface area contributed by atoms with Crippen molar-refractivity contribution < 1.29 is 0 Å². The van der Waals surface area contributed by atoms with E-state index in [0.717, 1.165) is 34.7 Å². The summed E-state index contributed by atoms with van der Waals surface area (Å²) < 4.78 is 2.14. The highest BCUT2D eigenvalue weighted by Crippen LogP contribution is 2.26. The van der Waals surface area contributed by atoms with Crippen LogP contribution in [0, 0.1) is 6.92 Å². The van der Waals surface area contributed by atoms with Gasteiger partial charge in [-0.15, -0.1) is 0 Å². The summed E-state index contributed by atoms with van der Waals surface area (Å²) >= 11 is 5.14. The van der Waals surface area contributed by atoms with Crippen molar-refractivity contribution in [3.05, 3.63) is 59.4 Å². The van der Waals surface area contributed by atoms with Crippen molar-refractivity contribution in [1.82, 2.24) is 9.38 Å². The van der Waals surface area contributed by atoms with Gasteiger partial charge in [-0.05, 0) is 31.0 Å². The maximum absolute atomic E-state index is 5.81. The lowest BCUT2D eigenvalue weighted by Crippen LogP contribution is -2.13. The monoisotopic (exact) mass is 309 g/mol. The standard InChI is InChI=1S/C18H19N3S/c1-3-13-7-9-14(10-8-13)18-15(11-16(19)22)21-12(2)5-4-6-17(21)20-18/h4-10H,3,11H2,1-2H3,(H2,19,22). The molecule has 0 aliphatic heterocycles. The molecule has 0 saturated heterocycles. The number of benzene rings is 1. The predicted molar refractivity (Wildman–Crippen MR) is 95.2 cm³/mol. The molecule has 3 rings (SSSR count). The second-order valence-electron chi connectivity index (χ2n) is 5.46. The van der Waals surface area contributed by atoms with Gasteiger partial charge in [0.1, 0.15) is 5.65 Å². The van der Waals surface area contributed by atoms with Gasteiger partial charge in [0.15, 0.2) is 0 Å². The number of aryl methyl sites for hydroxylation is 2. The van der Waals surface area contributed by atoms with E-state index in [0.29, 0.717) is 11.4 Å². The Balaban J connectivity index is 2.22. The Kier molecular flexibility index (Phi) is 3.94. The average molecular weight is 309 g/mol. The maximum atomic E-state index is 5.81. The Morgan fingerprint density at radius 1 is 1.18 bits per heavy atom. The summed E-state index contributed by atoms with van der Waals surface area (Å²) in [6.07, 6.45) is 1.58. The molecule has 0 radical (unpaired) electrons. The smallest absolute Gasteiger partial charge is 0.137 e. The molecular weight excluding hydrogens is 290 g/mol. The first-order chi connectivity index (χ1) is 10.6. The highest BCUT2D eigenvalue weighted by Gasteiger charge is 2.15. The lowest BCUT2D eigenvalue weighted by molar-refractivity contribution is 1.02. The summed E-state index contributed by atoms with van der Waals surface area (Å²) in [6.45, 7) is 4.23. The third-order valence-electron chi connectivity index (χ3n) is 3.91. The minimum atomic E-state index is 0.483. The number of rotatable bonds is 4. The third kappa shape index (κ3) is 2.62. The van der Waals surface area contributed by atoms with Gasteiger partial charge in [-0.2, -0.15) is 0 Å². The first-order valence-corrected chi connectivity index (χ1v) is 7.85. The van der Waals surface area contributed by atoms with Crippen molar-refractivity contribution in [3.8, 4) is 11.3 Å². The van der Waals surface area contributed by atoms with Crippen molar-refractivity contribution in [1.29, 1.82) is 0 Å². The van der Waals surface area contributed by atoms with Gasteiger partial charge in [-0.1, -0.05) is 49.5 Å². The van der Waals surface area contributed by atoms with Crippen LogP contribution in [0.2, 0.25) is 0 Å². The summed E-state index contributed by atoms with van der Waals surface area (Å²) in [5.74, 6) is 0. The fourth-order valence-electron chi connectivity index (χ4n) is 2.78. The van der Waals surface area contributed by atoms with Crippen LogP contribution in [0.3, 0.4) is 0 Å². The zero-order chi connectivity index (χ0) is 15.7. The maximum Gasteiger partial charge on any atom is 0.137 e. The summed E-state index contributed by atoms with van der Waals surface area (Å²) in [4.78, 5) is 5.28. The highest BCUT2D eigenvalue weighted by molar-refractivity contribution is 7.80. The number of aromatic nitrogens is 2.